The lowest BCUT2D eigenvalue weighted by Crippen LogP contribution is -1.79. The maximum Gasteiger partial charge on any atom is -0.0231 e. The smallest absolute Gasteiger partial charge is 0.0231 e. The molecule has 0 aromatic heterocycles. The summed E-state index contributed by atoms with van der Waals surface area (Å²) < 4.78 is 0. The molecular formula is C22H28. The summed E-state index contributed by atoms with van der Waals surface area (Å²) in [5.74, 6) is 0. The first-order valence-corrected chi connectivity index (χ1v) is 8.17. The van der Waals surface area contributed by atoms with E-state index in [0.717, 1.165) is 0 Å². The fourth-order valence-corrected chi connectivity index (χ4v) is 2.12. The van der Waals surface area contributed by atoms with Crippen LogP contribution in [0.15, 0.2) is 73.3 Å². The molecule has 2 rings (SSSR count). The van der Waals surface area contributed by atoms with Gasteiger partial charge in [-0.3, -0.25) is 0 Å². The normalized spacial score (nSPS) is 10.5. The molecule has 2 aromatic rings. The van der Waals surface area contributed by atoms with Crippen molar-refractivity contribution in [2.45, 2.75) is 39.5 Å². The standard InChI is InChI=1S/C14H20.C8H8/c1-3-4-5-7-10-13(2)14-11-8-6-9-12-14;1-2-8-6-4-3-5-7-8/h6,8-12H,3-5,7H2,1-2H3;2-7H,1H2. The lowest BCUT2D eigenvalue weighted by atomic mass is 10.1. The Morgan fingerprint density at radius 3 is 2.00 bits per heavy atom. The molecule has 0 spiro atoms. The van der Waals surface area contributed by atoms with Crippen molar-refractivity contribution in [1.82, 2.24) is 0 Å². The van der Waals surface area contributed by atoms with Gasteiger partial charge in [-0.2, -0.15) is 0 Å². The van der Waals surface area contributed by atoms with Gasteiger partial charge in [0, 0.05) is 0 Å². The molecule has 0 fully saturated rings. The minimum absolute atomic E-state index is 1.17. The number of rotatable bonds is 6. The lowest BCUT2D eigenvalue weighted by Gasteiger charge is -2.00. The van der Waals surface area contributed by atoms with Gasteiger partial charge in [0.05, 0.1) is 0 Å². The predicted octanol–water partition coefficient (Wildman–Crippen LogP) is 7.00. The number of benzene rings is 2. The molecule has 22 heavy (non-hydrogen) atoms. The van der Waals surface area contributed by atoms with Gasteiger partial charge in [0.2, 0.25) is 0 Å². The van der Waals surface area contributed by atoms with Gasteiger partial charge in [-0.1, -0.05) is 99.2 Å². The van der Waals surface area contributed by atoms with Gasteiger partial charge in [0.1, 0.15) is 0 Å². The van der Waals surface area contributed by atoms with E-state index in [-0.39, 0.29) is 0 Å². The lowest BCUT2D eigenvalue weighted by molar-refractivity contribution is 0.729. The zero-order chi connectivity index (χ0) is 16.0. The van der Waals surface area contributed by atoms with E-state index in [4.69, 9.17) is 0 Å². The van der Waals surface area contributed by atoms with E-state index in [0.29, 0.717) is 0 Å². The minimum atomic E-state index is 1.17. The van der Waals surface area contributed by atoms with Gasteiger partial charge in [-0.05, 0) is 36.5 Å². The zero-order valence-corrected chi connectivity index (χ0v) is 14.0. The Balaban J connectivity index is 0.000000255. The van der Waals surface area contributed by atoms with Gasteiger partial charge < -0.3 is 0 Å². The third-order valence-corrected chi connectivity index (χ3v) is 3.52. The average Bonchev–Trinajstić information content (AvgIpc) is 2.60. The van der Waals surface area contributed by atoms with Gasteiger partial charge >= 0.3 is 0 Å². The Morgan fingerprint density at radius 1 is 0.909 bits per heavy atom. The second-order valence-electron chi connectivity index (χ2n) is 5.36. The van der Waals surface area contributed by atoms with Crippen molar-refractivity contribution < 1.29 is 0 Å². The molecule has 0 aliphatic rings. The Bertz CT molecular complexity index is 535. The molecule has 0 saturated heterocycles. The molecule has 2 aromatic carbocycles. The maximum atomic E-state index is 3.63. The third kappa shape index (κ3) is 7.64. The van der Waals surface area contributed by atoms with Crippen molar-refractivity contribution in [1.29, 1.82) is 0 Å². The van der Waals surface area contributed by atoms with Crippen LogP contribution in [0.5, 0.6) is 0 Å². The van der Waals surface area contributed by atoms with E-state index < -0.39 is 0 Å². The first-order chi connectivity index (χ1) is 10.8. The Kier molecular flexibility index (Phi) is 9.45. The van der Waals surface area contributed by atoms with Crippen molar-refractivity contribution in [3.8, 4) is 0 Å². The molecule has 0 nitrogen and oxygen atoms in total. The molecule has 0 bridgehead atoms. The molecule has 0 aliphatic carbocycles. The third-order valence-electron chi connectivity index (χ3n) is 3.52. The van der Waals surface area contributed by atoms with Crippen molar-refractivity contribution in [3.05, 3.63) is 84.4 Å². The van der Waals surface area contributed by atoms with Crippen LogP contribution in [0, 0.1) is 0 Å². The number of hydrogen-bond donors (Lipinski definition) is 0. The number of hydrogen-bond acceptors (Lipinski definition) is 0. The Labute approximate surface area is 136 Å². The second kappa shape index (κ2) is 11.6. The zero-order valence-electron chi connectivity index (χ0n) is 14.0. The summed E-state index contributed by atoms with van der Waals surface area (Å²) >= 11 is 0. The summed E-state index contributed by atoms with van der Waals surface area (Å²) in [6, 6.07) is 20.6. The summed E-state index contributed by atoms with van der Waals surface area (Å²) in [6.45, 7) is 8.07. The first kappa shape index (κ1) is 18.0. The largest absolute Gasteiger partial charge is 0.0985 e. The topological polar surface area (TPSA) is 0 Å². The molecule has 0 radical (unpaired) electrons. The van der Waals surface area contributed by atoms with Crippen LogP contribution in [0.4, 0.5) is 0 Å². The second-order valence-corrected chi connectivity index (χ2v) is 5.36. The van der Waals surface area contributed by atoms with E-state index >= 15 is 0 Å². The molecule has 0 atom stereocenters. The summed E-state index contributed by atoms with van der Waals surface area (Å²) in [6.07, 6.45) is 9.37. The molecular weight excluding hydrogens is 264 g/mol. The molecule has 0 saturated carbocycles. The quantitative estimate of drug-likeness (QED) is 0.503. The summed E-state index contributed by atoms with van der Waals surface area (Å²) in [7, 11) is 0. The Hall–Kier alpha value is -2.08. The molecule has 0 unspecified atom stereocenters. The van der Waals surface area contributed by atoms with E-state index in [1.807, 2.05) is 36.4 Å². The number of unbranched alkanes of at least 4 members (excludes halogenated alkanes) is 3. The Morgan fingerprint density at radius 2 is 1.50 bits per heavy atom. The van der Waals surface area contributed by atoms with Crippen LogP contribution >= 0.6 is 0 Å². The highest BCUT2D eigenvalue weighted by Gasteiger charge is 1.92. The van der Waals surface area contributed by atoms with Crippen LogP contribution in [-0.4, -0.2) is 0 Å². The van der Waals surface area contributed by atoms with E-state index in [9.17, 15) is 0 Å². The SMILES string of the molecule is C=Cc1ccccc1.CCCCCC=C(C)c1ccccc1. The van der Waals surface area contributed by atoms with Crippen molar-refractivity contribution in [3.63, 3.8) is 0 Å². The van der Waals surface area contributed by atoms with Crippen molar-refractivity contribution in [2.75, 3.05) is 0 Å². The van der Waals surface area contributed by atoms with Crippen LogP contribution in [0.3, 0.4) is 0 Å². The van der Waals surface area contributed by atoms with Gasteiger partial charge in [0.15, 0.2) is 0 Å². The first-order valence-electron chi connectivity index (χ1n) is 8.17. The molecule has 0 heteroatoms. The summed E-state index contributed by atoms with van der Waals surface area (Å²) in [4.78, 5) is 0. The average molecular weight is 292 g/mol. The van der Waals surface area contributed by atoms with Crippen LogP contribution in [-0.2, 0) is 0 Å². The van der Waals surface area contributed by atoms with E-state index in [2.05, 4.69) is 56.8 Å². The molecule has 0 N–H and O–H groups in total. The number of allylic oxidation sites excluding steroid dienone is 2. The fraction of sp³-hybridized carbons (Fsp3) is 0.273. The molecule has 0 aliphatic heterocycles. The minimum Gasteiger partial charge on any atom is -0.0985 e. The van der Waals surface area contributed by atoms with Crippen LogP contribution in [0.2, 0.25) is 0 Å². The van der Waals surface area contributed by atoms with Gasteiger partial charge in [0.25, 0.3) is 0 Å². The van der Waals surface area contributed by atoms with Gasteiger partial charge in [-0.25, -0.2) is 0 Å². The van der Waals surface area contributed by atoms with E-state index in [1.165, 1.54) is 42.4 Å². The van der Waals surface area contributed by atoms with Crippen LogP contribution in [0.25, 0.3) is 11.6 Å². The van der Waals surface area contributed by atoms with E-state index in [1.54, 1.807) is 0 Å². The fourth-order valence-electron chi connectivity index (χ4n) is 2.12. The highest BCUT2D eigenvalue weighted by molar-refractivity contribution is 5.63. The highest BCUT2D eigenvalue weighted by atomic mass is 14.0. The summed E-state index contributed by atoms with van der Waals surface area (Å²) in [5.41, 5.74) is 3.93. The monoisotopic (exact) mass is 292 g/mol. The van der Waals surface area contributed by atoms with Crippen LogP contribution in [0.1, 0.15) is 50.7 Å². The van der Waals surface area contributed by atoms with Crippen LogP contribution < -0.4 is 0 Å². The predicted molar refractivity (Wildman–Crippen MR) is 101 cm³/mol. The summed E-state index contributed by atoms with van der Waals surface area (Å²) in [5, 5.41) is 0. The highest BCUT2D eigenvalue weighted by Crippen LogP contribution is 2.14. The van der Waals surface area contributed by atoms with Gasteiger partial charge in [-0.15, -0.1) is 0 Å². The van der Waals surface area contributed by atoms with Crippen molar-refractivity contribution >= 4 is 11.6 Å². The maximum absolute atomic E-state index is 3.63. The molecule has 0 heterocycles. The molecule has 0 amide bonds. The molecule has 116 valence electrons. The van der Waals surface area contributed by atoms with Crippen molar-refractivity contribution in [2.24, 2.45) is 0 Å².